The minimum absolute atomic E-state index is 0. The van der Waals surface area contributed by atoms with Gasteiger partial charge in [-0.3, -0.25) is 4.79 Å². The van der Waals surface area contributed by atoms with Gasteiger partial charge in [0.2, 0.25) is 5.91 Å². The summed E-state index contributed by atoms with van der Waals surface area (Å²) < 4.78 is 5.78. The fraction of sp³-hybridized carbons (Fsp3) is 0.562. The van der Waals surface area contributed by atoms with Crippen LogP contribution in [0.2, 0.25) is 0 Å². The summed E-state index contributed by atoms with van der Waals surface area (Å²) in [7, 11) is 0. The Morgan fingerprint density at radius 2 is 1.95 bits per heavy atom. The van der Waals surface area contributed by atoms with E-state index in [-0.39, 0.29) is 23.7 Å². The number of nitrogens with one attached hydrogen (secondary N) is 1. The van der Waals surface area contributed by atoms with Crippen molar-refractivity contribution in [3.8, 4) is 5.75 Å². The summed E-state index contributed by atoms with van der Waals surface area (Å²) in [6.45, 7) is 8.00. The summed E-state index contributed by atoms with van der Waals surface area (Å²) in [5.41, 5.74) is 6.58. The van der Waals surface area contributed by atoms with Gasteiger partial charge >= 0.3 is 0 Å². The van der Waals surface area contributed by atoms with Crippen LogP contribution >= 0.6 is 12.4 Å². The Bertz CT molecular complexity index is 431. The lowest BCUT2D eigenvalue weighted by molar-refractivity contribution is -0.121. The Balaban J connectivity index is 0.00000400. The quantitative estimate of drug-likeness (QED) is 0.760. The highest BCUT2D eigenvalue weighted by molar-refractivity contribution is 5.85. The number of halogens is 1. The average Bonchev–Trinajstić information content (AvgIpc) is 2.40. The predicted molar refractivity (Wildman–Crippen MR) is 89.2 cm³/mol. The topological polar surface area (TPSA) is 64.3 Å². The van der Waals surface area contributed by atoms with Crippen molar-refractivity contribution in [1.29, 1.82) is 0 Å². The minimum atomic E-state index is 0. The molecule has 4 nitrogen and oxygen atoms in total. The first-order valence-electron chi connectivity index (χ1n) is 7.14. The molecule has 1 rings (SSSR count). The van der Waals surface area contributed by atoms with Crippen molar-refractivity contribution < 1.29 is 9.53 Å². The summed E-state index contributed by atoms with van der Waals surface area (Å²) in [6, 6.07) is 8.03. The molecule has 1 amide bonds. The second-order valence-electron chi connectivity index (χ2n) is 5.84. The summed E-state index contributed by atoms with van der Waals surface area (Å²) in [4.78, 5) is 11.4. The van der Waals surface area contributed by atoms with E-state index in [1.54, 1.807) is 0 Å². The molecule has 0 atom stereocenters. The lowest BCUT2D eigenvalue weighted by atomic mass is 9.86. The third-order valence-corrected chi connectivity index (χ3v) is 2.98. The molecule has 1 aromatic rings. The highest BCUT2D eigenvalue weighted by atomic mass is 35.5. The predicted octanol–water partition coefficient (Wildman–Crippen LogP) is 2.64. The average molecular weight is 315 g/mol. The first-order chi connectivity index (χ1) is 9.45. The van der Waals surface area contributed by atoms with Crippen LogP contribution in [0, 0.1) is 0 Å². The second-order valence-corrected chi connectivity index (χ2v) is 5.84. The van der Waals surface area contributed by atoms with Crippen molar-refractivity contribution in [2.45, 2.75) is 39.0 Å². The zero-order valence-corrected chi connectivity index (χ0v) is 14.0. The Morgan fingerprint density at radius 1 is 1.29 bits per heavy atom. The van der Waals surface area contributed by atoms with E-state index in [1.807, 2.05) is 18.2 Å². The van der Waals surface area contributed by atoms with Crippen LogP contribution in [0.25, 0.3) is 0 Å². The van der Waals surface area contributed by atoms with E-state index in [2.05, 4.69) is 32.2 Å². The van der Waals surface area contributed by atoms with Crippen LogP contribution < -0.4 is 15.8 Å². The summed E-state index contributed by atoms with van der Waals surface area (Å²) in [5, 5.41) is 2.83. The van der Waals surface area contributed by atoms with Gasteiger partial charge in [-0.15, -0.1) is 12.4 Å². The number of rotatable bonds is 7. The molecule has 120 valence electrons. The van der Waals surface area contributed by atoms with Crippen LogP contribution in [0.3, 0.4) is 0 Å². The molecule has 0 unspecified atom stereocenters. The summed E-state index contributed by atoms with van der Waals surface area (Å²) in [5.74, 6) is 0.916. The van der Waals surface area contributed by atoms with E-state index in [4.69, 9.17) is 10.5 Å². The van der Waals surface area contributed by atoms with Crippen molar-refractivity contribution in [2.75, 3.05) is 19.7 Å². The summed E-state index contributed by atoms with van der Waals surface area (Å²) in [6.07, 6.45) is 1.20. The standard InChI is InChI=1S/C16H26N2O2.ClH/c1-16(2,3)13-7-4-5-8-14(13)20-12-11-18-15(19)9-6-10-17;/h4-5,7-8H,6,9-12,17H2,1-3H3,(H,18,19);1H. The maximum absolute atomic E-state index is 11.4. The lowest BCUT2D eigenvalue weighted by Crippen LogP contribution is -2.28. The Kier molecular flexibility index (Phi) is 9.06. The third-order valence-electron chi connectivity index (χ3n) is 2.98. The van der Waals surface area contributed by atoms with E-state index in [0.29, 0.717) is 26.1 Å². The SMILES string of the molecule is CC(C)(C)c1ccccc1OCCNC(=O)CCCN.Cl. The molecule has 0 radical (unpaired) electrons. The zero-order chi connectivity index (χ0) is 15.0. The van der Waals surface area contributed by atoms with Crippen molar-refractivity contribution in [2.24, 2.45) is 5.73 Å². The van der Waals surface area contributed by atoms with Gasteiger partial charge < -0.3 is 15.8 Å². The van der Waals surface area contributed by atoms with Crippen molar-refractivity contribution in [1.82, 2.24) is 5.32 Å². The smallest absolute Gasteiger partial charge is 0.220 e. The van der Waals surface area contributed by atoms with Crippen LogP contribution in [0.4, 0.5) is 0 Å². The molecule has 0 aromatic heterocycles. The lowest BCUT2D eigenvalue weighted by Gasteiger charge is -2.22. The van der Waals surface area contributed by atoms with E-state index in [0.717, 1.165) is 12.2 Å². The number of carbonyl (C=O) groups excluding carboxylic acids is 1. The van der Waals surface area contributed by atoms with Gasteiger partial charge in [-0.25, -0.2) is 0 Å². The Labute approximate surface area is 133 Å². The highest BCUT2D eigenvalue weighted by Crippen LogP contribution is 2.30. The van der Waals surface area contributed by atoms with Gasteiger partial charge in [-0.2, -0.15) is 0 Å². The number of para-hydroxylation sites is 1. The Morgan fingerprint density at radius 3 is 2.57 bits per heavy atom. The second kappa shape index (κ2) is 9.64. The van der Waals surface area contributed by atoms with Gasteiger partial charge in [-0.05, 0) is 30.0 Å². The van der Waals surface area contributed by atoms with E-state index >= 15 is 0 Å². The maximum Gasteiger partial charge on any atom is 0.220 e. The van der Waals surface area contributed by atoms with E-state index < -0.39 is 0 Å². The molecule has 0 aliphatic rings. The fourth-order valence-corrected chi connectivity index (χ4v) is 1.91. The first kappa shape index (κ1) is 19.7. The number of ether oxygens (including phenoxy) is 1. The van der Waals surface area contributed by atoms with Gasteiger partial charge in [0.05, 0.1) is 6.54 Å². The summed E-state index contributed by atoms with van der Waals surface area (Å²) >= 11 is 0. The molecular formula is C16H27ClN2O2. The monoisotopic (exact) mass is 314 g/mol. The van der Waals surface area contributed by atoms with Gasteiger partial charge in [0, 0.05) is 6.42 Å². The highest BCUT2D eigenvalue weighted by Gasteiger charge is 2.18. The van der Waals surface area contributed by atoms with Crippen molar-refractivity contribution >= 4 is 18.3 Å². The molecule has 0 heterocycles. The van der Waals surface area contributed by atoms with Gasteiger partial charge in [0.1, 0.15) is 12.4 Å². The molecule has 0 saturated carbocycles. The van der Waals surface area contributed by atoms with Crippen LogP contribution in [-0.4, -0.2) is 25.6 Å². The van der Waals surface area contributed by atoms with Crippen molar-refractivity contribution in [3.63, 3.8) is 0 Å². The number of nitrogens with two attached hydrogens (primary N) is 1. The molecule has 0 spiro atoms. The molecule has 0 fully saturated rings. The number of carbonyl (C=O) groups is 1. The van der Waals surface area contributed by atoms with Gasteiger partial charge in [-0.1, -0.05) is 39.0 Å². The fourth-order valence-electron chi connectivity index (χ4n) is 1.91. The molecule has 5 heteroatoms. The number of amides is 1. The molecule has 21 heavy (non-hydrogen) atoms. The third kappa shape index (κ3) is 7.34. The molecule has 0 aliphatic heterocycles. The molecule has 0 bridgehead atoms. The molecule has 0 saturated heterocycles. The van der Waals surface area contributed by atoms with E-state index in [9.17, 15) is 4.79 Å². The van der Waals surface area contributed by atoms with Crippen LogP contribution in [0.5, 0.6) is 5.75 Å². The minimum Gasteiger partial charge on any atom is -0.491 e. The van der Waals surface area contributed by atoms with E-state index in [1.165, 1.54) is 5.56 Å². The van der Waals surface area contributed by atoms with Crippen molar-refractivity contribution in [3.05, 3.63) is 29.8 Å². The van der Waals surface area contributed by atoms with Gasteiger partial charge in [0.15, 0.2) is 0 Å². The van der Waals surface area contributed by atoms with Gasteiger partial charge in [0.25, 0.3) is 0 Å². The largest absolute Gasteiger partial charge is 0.491 e. The number of hydrogen-bond acceptors (Lipinski definition) is 3. The van der Waals surface area contributed by atoms with Crippen LogP contribution in [0.15, 0.2) is 24.3 Å². The zero-order valence-electron chi connectivity index (χ0n) is 13.1. The Hall–Kier alpha value is -1.26. The normalized spacial score (nSPS) is 10.7. The van der Waals surface area contributed by atoms with Crippen LogP contribution in [0.1, 0.15) is 39.2 Å². The number of hydrogen-bond donors (Lipinski definition) is 2. The maximum atomic E-state index is 11.4. The first-order valence-corrected chi connectivity index (χ1v) is 7.14. The molecule has 3 N–H and O–H groups in total. The molecule has 1 aromatic carbocycles. The molecular weight excluding hydrogens is 288 g/mol. The number of benzene rings is 1. The molecule has 0 aliphatic carbocycles. The van der Waals surface area contributed by atoms with Crippen LogP contribution in [-0.2, 0) is 10.2 Å².